The van der Waals surface area contributed by atoms with Gasteiger partial charge in [-0.2, -0.15) is 4.98 Å². The number of anilines is 2. The third-order valence-corrected chi connectivity index (χ3v) is 1.70. The number of ether oxygens (including phenoxy) is 1. The van der Waals surface area contributed by atoms with Crippen LogP contribution in [-0.2, 0) is 0 Å². The SMILES string of the molecule is Cc1nc(N)nc2c1OC(C)(O)N2. The summed E-state index contributed by atoms with van der Waals surface area (Å²) in [5, 5.41) is 12.1. The van der Waals surface area contributed by atoms with E-state index < -0.39 is 5.91 Å². The van der Waals surface area contributed by atoms with Gasteiger partial charge in [0.15, 0.2) is 11.6 Å². The normalized spacial score (nSPS) is 24.8. The van der Waals surface area contributed by atoms with Crippen molar-refractivity contribution in [1.82, 2.24) is 9.97 Å². The Balaban J connectivity index is 2.52. The fourth-order valence-corrected chi connectivity index (χ4v) is 1.24. The van der Waals surface area contributed by atoms with E-state index in [-0.39, 0.29) is 5.95 Å². The summed E-state index contributed by atoms with van der Waals surface area (Å²) in [5.74, 6) is -0.394. The highest BCUT2D eigenvalue weighted by Gasteiger charge is 2.34. The number of hydrogen-bond donors (Lipinski definition) is 3. The Morgan fingerprint density at radius 3 is 2.92 bits per heavy atom. The fraction of sp³-hybridized carbons (Fsp3) is 0.429. The lowest BCUT2D eigenvalue weighted by molar-refractivity contribution is -0.0838. The average molecular weight is 182 g/mol. The second-order valence-electron chi connectivity index (χ2n) is 3.05. The van der Waals surface area contributed by atoms with Gasteiger partial charge in [-0.05, 0) is 6.92 Å². The van der Waals surface area contributed by atoms with Crippen LogP contribution in [0.2, 0.25) is 0 Å². The molecule has 1 aromatic heterocycles. The molecule has 0 amide bonds. The number of nitrogens with zero attached hydrogens (tertiary/aromatic N) is 2. The molecule has 1 unspecified atom stereocenters. The number of nitrogens with two attached hydrogens (primary N) is 1. The third-order valence-electron chi connectivity index (χ3n) is 1.70. The molecule has 1 aliphatic rings. The molecular weight excluding hydrogens is 172 g/mol. The molecule has 0 fully saturated rings. The fourth-order valence-electron chi connectivity index (χ4n) is 1.24. The molecular formula is C7H10N4O2. The van der Waals surface area contributed by atoms with Crippen molar-refractivity contribution >= 4 is 11.8 Å². The molecule has 0 saturated carbocycles. The van der Waals surface area contributed by atoms with Crippen LogP contribution >= 0.6 is 0 Å². The van der Waals surface area contributed by atoms with Crippen molar-refractivity contribution in [2.45, 2.75) is 19.8 Å². The van der Waals surface area contributed by atoms with Gasteiger partial charge in [0.2, 0.25) is 5.95 Å². The molecule has 6 heteroatoms. The van der Waals surface area contributed by atoms with Gasteiger partial charge < -0.3 is 20.9 Å². The van der Waals surface area contributed by atoms with Crippen molar-refractivity contribution < 1.29 is 9.84 Å². The lowest BCUT2D eigenvalue weighted by Gasteiger charge is -2.15. The van der Waals surface area contributed by atoms with Gasteiger partial charge in [-0.3, -0.25) is 0 Å². The van der Waals surface area contributed by atoms with Crippen LogP contribution in [0.5, 0.6) is 5.75 Å². The monoisotopic (exact) mass is 182 g/mol. The molecule has 2 heterocycles. The summed E-state index contributed by atoms with van der Waals surface area (Å²) >= 11 is 0. The smallest absolute Gasteiger partial charge is 0.288 e. The molecule has 0 saturated heterocycles. The van der Waals surface area contributed by atoms with Crippen molar-refractivity contribution in [3.63, 3.8) is 0 Å². The first-order valence-corrected chi connectivity index (χ1v) is 3.81. The molecule has 1 aliphatic heterocycles. The molecule has 1 atom stereocenters. The highest BCUT2D eigenvalue weighted by atomic mass is 16.7. The largest absolute Gasteiger partial charge is 0.439 e. The third kappa shape index (κ3) is 1.25. The molecule has 13 heavy (non-hydrogen) atoms. The summed E-state index contributed by atoms with van der Waals surface area (Å²) in [4.78, 5) is 7.78. The number of aliphatic hydroxyl groups is 1. The summed E-state index contributed by atoms with van der Waals surface area (Å²) in [6.45, 7) is 3.21. The Morgan fingerprint density at radius 1 is 1.54 bits per heavy atom. The zero-order valence-corrected chi connectivity index (χ0v) is 7.33. The number of nitrogens with one attached hydrogen (secondary N) is 1. The Bertz CT molecular complexity index is 364. The van der Waals surface area contributed by atoms with Crippen molar-refractivity contribution in [2.24, 2.45) is 0 Å². The molecule has 0 aromatic carbocycles. The summed E-state index contributed by atoms with van der Waals surface area (Å²) in [7, 11) is 0. The van der Waals surface area contributed by atoms with E-state index in [9.17, 15) is 5.11 Å². The van der Waals surface area contributed by atoms with Gasteiger partial charge in [0.25, 0.3) is 5.91 Å². The zero-order chi connectivity index (χ0) is 9.64. The predicted molar refractivity (Wildman–Crippen MR) is 46.1 cm³/mol. The number of fused-ring (bicyclic) bond motifs is 1. The van der Waals surface area contributed by atoms with Crippen LogP contribution in [0.4, 0.5) is 11.8 Å². The Kier molecular flexibility index (Phi) is 1.38. The quantitative estimate of drug-likeness (QED) is 0.516. The predicted octanol–water partition coefficient (Wildman–Crippen LogP) is -0.162. The van der Waals surface area contributed by atoms with E-state index in [1.807, 2.05) is 0 Å². The Morgan fingerprint density at radius 2 is 2.23 bits per heavy atom. The molecule has 0 spiro atoms. The average Bonchev–Trinajstić information content (AvgIpc) is 2.23. The topological polar surface area (TPSA) is 93.3 Å². The van der Waals surface area contributed by atoms with E-state index in [2.05, 4.69) is 15.3 Å². The minimum atomic E-state index is -1.42. The van der Waals surface area contributed by atoms with E-state index in [0.29, 0.717) is 17.3 Å². The first kappa shape index (κ1) is 8.06. The van der Waals surface area contributed by atoms with Crippen LogP contribution in [0, 0.1) is 6.92 Å². The van der Waals surface area contributed by atoms with Crippen LogP contribution in [0.15, 0.2) is 0 Å². The van der Waals surface area contributed by atoms with Crippen LogP contribution in [0.25, 0.3) is 0 Å². The van der Waals surface area contributed by atoms with E-state index in [4.69, 9.17) is 10.5 Å². The van der Waals surface area contributed by atoms with Crippen LogP contribution in [-0.4, -0.2) is 21.0 Å². The van der Waals surface area contributed by atoms with Gasteiger partial charge in [-0.25, -0.2) is 4.98 Å². The number of hydrogen-bond acceptors (Lipinski definition) is 6. The lowest BCUT2D eigenvalue weighted by atomic mass is 10.4. The minimum Gasteiger partial charge on any atom is -0.439 e. The molecule has 6 nitrogen and oxygen atoms in total. The molecule has 0 bridgehead atoms. The van der Waals surface area contributed by atoms with Crippen molar-refractivity contribution in [1.29, 1.82) is 0 Å². The van der Waals surface area contributed by atoms with Crippen LogP contribution in [0.3, 0.4) is 0 Å². The maximum Gasteiger partial charge on any atom is 0.288 e. The van der Waals surface area contributed by atoms with Gasteiger partial charge in [0.1, 0.15) is 0 Å². The summed E-state index contributed by atoms with van der Waals surface area (Å²) < 4.78 is 5.14. The van der Waals surface area contributed by atoms with Crippen molar-refractivity contribution in [2.75, 3.05) is 11.1 Å². The summed E-state index contributed by atoms with van der Waals surface area (Å²) in [6.07, 6.45) is 0. The number of aryl methyl sites for hydroxylation is 1. The first-order chi connectivity index (χ1) is 5.98. The van der Waals surface area contributed by atoms with E-state index in [1.165, 1.54) is 6.92 Å². The van der Waals surface area contributed by atoms with Crippen molar-refractivity contribution in [3.8, 4) is 5.75 Å². The van der Waals surface area contributed by atoms with Gasteiger partial charge in [-0.15, -0.1) is 0 Å². The number of nitrogen functional groups attached to an aromatic ring is 1. The second kappa shape index (κ2) is 2.23. The van der Waals surface area contributed by atoms with E-state index in [1.54, 1.807) is 6.92 Å². The van der Waals surface area contributed by atoms with Crippen LogP contribution < -0.4 is 15.8 Å². The van der Waals surface area contributed by atoms with Gasteiger partial charge in [0.05, 0.1) is 5.69 Å². The highest BCUT2D eigenvalue weighted by Crippen LogP contribution is 2.35. The molecule has 4 N–H and O–H groups in total. The highest BCUT2D eigenvalue weighted by molar-refractivity contribution is 5.58. The minimum absolute atomic E-state index is 0.157. The molecule has 0 aliphatic carbocycles. The van der Waals surface area contributed by atoms with Crippen molar-refractivity contribution in [3.05, 3.63) is 5.69 Å². The van der Waals surface area contributed by atoms with Gasteiger partial charge in [0, 0.05) is 6.92 Å². The Hall–Kier alpha value is -1.56. The second-order valence-corrected chi connectivity index (χ2v) is 3.05. The first-order valence-electron chi connectivity index (χ1n) is 3.81. The molecule has 2 rings (SSSR count). The molecule has 1 aromatic rings. The summed E-state index contributed by atoms with van der Waals surface area (Å²) in [5.41, 5.74) is 6.03. The summed E-state index contributed by atoms with van der Waals surface area (Å²) in [6, 6.07) is 0. The van der Waals surface area contributed by atoms with Gasteiger partial charge >= 0.3 is 0 Å². The maximum absolute atomic E-state index is 9.49. The number of rotatable bonds is 0. The van der Waals surface area contributed by atoms with E-state index in [0.717, 1.165) is 0 Å². The standard InChI is InChI=1S/C7H10N4O2/c1-3-4-5(10-6(8)9-3)11-7(2,12)13-4/h12H,1-2H3,(H3,8,9,10,11). The molecule has 0 radical (unpaired) electrons. The lowest BCUT2D eigenvalue weighted by Crippen LogP contribution is -2.35. The number of aromatic nitrogens is 2. The molecule has 70 valence electrons. The van der Waals surface area contributed by atoms with E-state index >= 15 is 0 Å². The van der Waals surface area contributed by atoms with Crippen LogP contribution in [0.1, 0.15) is 12.6 Å². The Labute approximate surface area is 74.8 Å². The maximum atomic E-state index is 9.49. The van der Waals surface area contributed by atoms with Gasteiger partial charge in [-0.1, -0.05) is 0 Å². The zero-order valence-electron chi connectivity index (χ0n) is 7.33.